The van der Waals surface area contributed by atoms with E-state index in [-0.39, 0.29) is 11.7 Å². The van der Waals surface area contributed by atoms with E-state index in [0.29, 0.717) is 0 Å². The number of hydrogen-bond donors (Lipinski definition) is 8. The number of nitrogens with one attached hydrogen (secondary N) is 3. The molecular weight excluding hydrogens is 422 g/mol. The number of amides is 4. The lowest BCUT2D eigenvalue weighted by molar-refractivity contribution is -0.144. The van der Waals surface area contributed by atoms with E-state index in [1.165, 1.54) is 0 Å². The molecule has 4 amide bonds. The zero-order valence-corrected chi connectivity index (χ0v) is 17.3. The summed E-state index contributed by atoms with van der Waals surface area (Å²) in [5.41, 5.74) is 10.6. The molecule has 0 rings (SSSR count). The first kappa shape index (κ1) is 27.1. The number of carboxylic acids is 2. The van der Waals surface area contributed by atoms with Gasteiger partial charge in [-0.15, -0.1) is 0 Å². The summed E-state index contributed by atoms with van der Waals surface area (Å²) in [6, 6.07) is -5.56. The number of carboxylic acid groups (broad SMARTS) is 2. The summed E-state index contributed by atoms with van der Waals surface area (Å²) in [5, 5.41) is 24.5. The summed E-state index contributed by atoms with van der Waals surface area (Å²) in [6.07, 6.45) is -1.47. The molecule has 4 unspecified atom stereocenters. The van der Waals surface area contributed by atoms with E-state index in [0.717, 1.165) is 0 Å². The van der Waals surface area contributed by atoms with Crippen LogP contribution in [-0.2, 0) is 28.8 Å². The average molecular weight is 449 g/mol. The Labute approximate surface area is 177 Å². The van der Waals surface area contributed by atoms with E-state index in [4.69, 9.17) is 21.7 Å². The van der Waals surface area contributed by atoms with Crippen LogP contribution in [0.3, 0.4) is 0 Å². The van der Waals surface area contributed by atoms with E-state index >= 15 is 0 Å². The molecule has 0 fully saturated rings. The molecular formula is C16H27N5O8S. The Morgan fingerprint density at radius 3 is 1.70 bits per heavy atom. The van der Waals surface area contributed by atoms with Gasteiger partial charge in [-0.25, -0.2) is 4.79 Å². The summed E-state index contributed by atoms with van der Waals surface area (Å²) >= 11 is 3.90. The molecule has 30 heavy (non-hydrogen) atoms. The Hall–Kier alpha value is -2.87. The summed E-state index contributed by atoms with van der Waals surface area (Å²) in [5.74, 6) is -7.24. The zero-order chi connectivity index (χ0) is 23.6. The molecule has 0 radical (unpaired) electrons. The number of carbonyl (C=O) groups is 6. The molecule has 0 heterocycles. The van der Waals surface area contributed by atoms with E-state index in [9.17, 15) is 28.8 Å². The molecule has 4 atom stereocenters. The Kier molecular flexibility index (Phi) is 11.4. The van der Waals surface area contributed by atoms with Gasteiger partial charge in [0.2, 0.25) is 23.6 Å². The van der Waals surface area contributed by atoms with Gasteiger partial charge < -0.3 is 37.6 Å². The highest BCUT2D eigenvalue weighted by Gasteiger charge is 2.31. The lowest BCUT2D eigenvalue weighted by atomic mass is 10.0. The molecule has 0 aliphatic rings. The smallest absolute Gasteiger partial charge is 0.326 e. The highest BCUT2D eigenvalue weighted by molar-refractivity contribution is 7.80. The van der Waals surface area contributed by atoms with Crippen molar-refractivity contribution in [1.82, 2.24) is 16.0 Å². The van der Waals surface area contributed by atoms with Gasteiger partial charge in [-0.2, -0.15) is 12.6 Å². The molecule has 13 nitrogen and oxygen atoms in total. The van der Waals surface area contributed by atoms with Gasteiger partial charge in [0.05, 0.1) is 18.9 Å². The van der Waals surface area contributed by atoms with Crippen molar-refractivity contribution in [3.05, 3.63) is 0 Å². The van der Waals surface area contributed by atoms with Gasteiger partial charge in [0.1, 0.15) is 18.1 Å². The van der Waals surface area contributed by atoms with Crippen LogP contribution in [0.2, 0.25) is 0 Å². The van der Waals surface area contributed by atoms with Gasteiger partial charge in [0.25, 0.3) is 0 Å². The maximum Gasteiger partial charge on any atom is 0.326 e. The maximum absolute atomic E-state index is 12.4. The van der Waals surface area contributed by atoms with Crippen LogP contribution in [0, 0.1) is 5.92 Å². The standard InChI is InChI=1S/C16H27N5O8S/c1-6(2)12(18)15(27)19-7(4-11(23)24)13(25)21-9(5-30)14(26)20-8(16(28)29)3-10(17)22/h6-9,12,30H,3-5,18H2,1-2H3,(H2,17,22)(H,19,27)(H,20,26)(H,21,25)(H,23,24)(H,28,29). The number of primary amides is 1. The third-order valence-electron chi connectivity index (χ3n) is 3.87. The van der Waals surface area contributed by atoms with Crippen molar-refractivity contribution in [3.8, 4) is 0 Å². The van der Waals surface area contributed by atoms with Crippen molar-refractivity contribution in [3.63, 3.8) is 0 Å². The van der Waals surface area contributed by atoms with Crippen molar-refractivity contribution in [1.29, 1.82) is 0 Å². The minimum Gasteiger partial charge on any atom is -0.481 e. The fourth-order valence-corrected chi connectivity index (χ4v) is 2.35. The second-order valence-electron chi connectivity index (χ2n) is 6.74. The van der Waals surface area contributed by atoms with Crippen LogP contribution in [-0.4, -0.2) is 75.7 Å². The van der Waals surface area contributed by atoms with Crippen molar-refractivity contribution in [2.75, 3.05) is 5.75 Å². The molecule has 0 aliphatic heterocycles. The molecule has 0 aromatic rings. The topological polar surface area (TPSA) is 231 Å². The largest absolute Gasteiger partial charge is 0.481 e. The second-order valence-corrected chi connectivity index (χ2v) is 7.11. The van der Waals surface area contributed by atoms with E-state index in [1.54, 1.807) is 13.8 Å². The van der Waals surface area contributed by atoms with E-state index < -0.39 is 72.6 Å². The highest BCUT2D eigenvalue weighted by atomic mass is 32.1. The molecule has 170 valence electrons. The van der Waals surface area contributed by atoms with Crippen LogP contribution in [0.4, 0.5) is 0 Å². The van der Waals surface area contributed by atoms with Crippen LogP contribution >= 0.6 is 12.6 Å². The quantitative estimate of drug-likeness (QED) is 0.132. The summed E-state index contributed by atoms with van der Waals surface area (Å²) in [7, 11) is 0. The molecule has 0 spiro atoms. The van der Waals surface area contributed by atoms with Crippen molar-refractivity contribution < 1.29 is 39.0 Å². The van der Waals surface area contributed by atoms with Crippen LogP contribution < -0.4 is 27.4 Å². The normalized spacial score (nSPS) is 14.7. The van der Waals surface area contributed by atoms with Crippen LogP contribution in [0.1, 0.15) is 26.7 Å². The van der Waals surface area contributed by atoms with Gasteiger partial charge in [-0.3, -0.25) is 24.0 Å². The lowest BCUT2D eigenvalue weighted by Gasteiger charge is -2.24. The second kappa shape index (κ2) is 12.6. The number of aliphatic carboxylic acids is 2. The van der Waals surface area contributed by atoms with E-state index in [1.807, 2.05) is 5.32 Å². The third kappa shape index (κ3) is 9.56. The van der Waals surface area contributed by atoms with Crippen LogP contribution in [0.5, 0.6) is 0 Å². The minimum atomic E-state index is -1.63. The van der Waals surface area contributed by atoms with Gasteiger partial charge in [-0.1, -0.05) is 13.8 Å². The predicted molar refractivity (Wildman–Crippen MR) is 106 cm³/mol. The first-order valence-electron chi connectivity index (χ1n) is 8.80. The lowest BCUT2D eigenvalue weighted by Crippen LogP contribution is -2.58. The van der Waals surface area contributed by atoms with E-state index in [2.05, 4.69) is 23.3 Å². The molecule has 14 heteroatoms. The number of hydrogen-bond acceptors (Lipinski definition) is 8. The zero-order valence-electron chi connectivity index (χ0n) is 16.5. The van der Waals surface area contributed by atoms with Gasteiger partial charge in [0.15, 0.2) is 0 Å². The fraction of sp³-hybridized carbons (Fsp3) is 0.625. The van der Waals surface area contributed by atoms with Crippen LogP contribution in [0.15, 0.2) is 0 Å². The average Bonchev–Trinajstić information content (AvgIpc) is 2.62. The van der Waals surface area contributed by atoms with Gasteiger partial charge in [0, 0.05) is 5.75 Å². The third-order valence-corrected chi connectivity index (χ3v) is 4.23. The summed E-state index contributed by atoms with van der Waals surface area (Å²) < 4.78 is 0. The molecule has 9 N–H and O–H groups in total. The highest BCUT2D eigenvalue weighted by Crippen LogP contribution is 2.02. The first-order valence-corrected chi connectivity index (χ1v) is 9.43. The monoisotopic (exact) mass is 449 g/mol. The van der Waals surface area contributed by atoms with Crippen molar-refractivity contribution >= 4 is 48.2 Å². The number of nitrogens with two attached hydrogens (primary N) is 2. The Balaban J connectivity index is 5.29. The molecule has 0 aromatic carbocycles. The summed E-state index contributed by atoms with van der Waals surface area (Å²) in [4.78, 5) is 69.9. The maximum atomic E-state index is 12.4. The molecule has 0 bridgehead atoms. The Morgan fingerprint density at radius 1 is 0.833 bits per heavy atom. The number of carbonyl (C=O) groups excluding carboxylic acids is 4. The van der Waals surface area contributed by atoms with Gasteiger partial charge in [-0.05, 0) is 5.92 Å². The van der Waals surface area contributed by atoms with Crippen molar-refractivity contribution in [2.45, 2.75) is 50.9 Å². The molecule has 0 aromatic heterocycles. The summed E-state index contributed by atoms with van der Waals surface area (Å²) in [6.45, 7) is 3.31. The predicted octanol–water partition coefficient (Wildman–Crippen LogP) is -3.21. The Morgan fingerprint density at radius 2 is 1.30 bits per heavy atom. The van der Waals surface area contributed by atoms with Crippen molar-refractivity contribution in [2.24, 2.45) is 17.4 Å². The molecule has 0 saturated carbocycles. The van der Waals surface area contributed by atoms with Gasteiger partial charge >= 0.3 is 11.9 Å². The minimum absolute atomic E-state index is 0.285. The number of thiol groups is 1. The molecule has 0 aliphatic carbocycles. The first-order chi connectivity index (χ1) is 13.8. The Bertz CT molecular complexity index is 687. The number of rotatable bonds is 13. The van der Waals surface area contributed by atoms with Crippen LogP contribution in [0.25, 0.3) is 0 Å². The SMILES string of the molecule is CC(C)C(N)C(=O)NC(CC(=O)O)C(=O)NC(CS)C(=O)NC(CC(N)=O)C(=O)O. The molecule has 0 saturated heterocycles. The fourth-order valence-electron chi connectivity index (χ4n) is 2.09.